The molecule has 0 aliphatic carbocycles. The van der Waals surface area contributed by atoms with Crippen LogP contribution in [-0.2, 0) is 6.54 Å². The SMILES string of the molecule is O=C(O)c1cn(Cc2ccc(Cl)cc2F)ccc1=O. The van der Waals surface area contributed by atoms with Gasteiger partial charge in [-0.2, -0.15) is 0 Å². The average Bonchev–Trinajstić information content (AvgIpc) is 2.34. The van der Waals surface area contributed by atoms with Gasteiger partial charge in [0.1, 0.15) is 11.4 Å². The highest BCUT2D eigenvalue weighted by atomic mass is 35.5. The van der Waals surface area contributed by atoms with Crippen LogP contribution in [0.25, 0.3) is 0 Å². The molecule has 98 valence electrons. The molecule has 0 aliphatic heterocycles. The van der Waals surface area contributed by atoms with Gasteiger partial charge in [-0.25, -0.2) is 9.18 Å². The van der Waals surface area contributed by atoms with Gasteiger partial charge in [0.2, 0.25) is 0 Å². The number of pyridine rings is 1. The van der Waals surface area contributed by atoms with Gasteiger partial charge in [0, 0.05) is 35.6 Å². The minimum atomic E-state index is -1.31. The van der Waals surface area contributed by atoms with Gasteiger partial charge in [0.05, 0.1) is 0 Å². The predicted octanol–water partition coefficient (Wildman–Crippen LogP) is 2.39. The first-order valence-electron chi connectivity index (χ1n) is 5.34. The number of carboxylic acids is 1. The van der Waals surface area contributed by atoms with Gasteiger partial charge in [-0.05, 0) is 12.1 Å². The Bertz CT molecular complexity index is 697. The third-order valence-corrected chi connectivity index (χ3v) is 2.81. The fraction of sp³-hybridized carbons (Fsp3) is 0.0769. The largest absolute Gasteiger partial charge is 0.477 e. The lowest BCUT2D eigenvalue weighted by Gasteiger charge is -2.08. The number of rotatable bonds is 3. The summed E-state index contributed by atoms with van der Waals surface area (Å²) in [6.07, 6.45) is 2.58. The zero-order valence-corrected chi connectivity index (χ0v) is 10.4. The molecule has 0 amide bonds. The minimum Gasteiger partial charge on any atom is -0.477 e. The number of hydrogen-bond donors (Lipinski definition) is 1. The van der Waals surface area contributed by atoms with Crippen molar-refractivity contribution in [2.75, 3.05) is 0 Å². The molecule has 2 aromatic rings. The Morgan fingerprint density at radius 3 is 2.74 bits per heavy atom. The van der Waals surface area contributed by atoms with Gasteiger partial charge in [0.25, 0.3) is 0 Å². The van der Waals surface area contributed by atoms with Crippen LogP contribution in [0, 0.1) is 5.82 Å². The third kappa shape index (κ3) is 3.00. The van der Waals surface area contributed by atoms with Crippen LogP contribution in [0.5, 0.6) is 0 Å². The summed E-state index contributed by atoms with van der Waals surface area (Å²) in [5.74, 6) is -1.79. The first kappa shape index (κ1) is 13.3. The molecule has 1 heterocycles. The summed E-state index contributed by atoms with van der Waals surface area (Å²) in [5.41, 5.74) is -0.582. The standard InChI is InChI=1S/C13H9ClFNO3/c14-9-2-1-8(11(15)5-9)6-16-4-3-12(17)10(7-16)13(18)19/h1-5,7H,6H2,(H,18,19). The fourth-order valence-electron chi connectivity index (χ4n) is 1.63. The Hall–Kier alpha value is -2.14. The van der Waals surface area contributed by atoms with Crippen molar-refractivity contribution in [1.82, 2.24) is 4.57 Å². The maximum atomic E-state index is 13.6. The van der Waals surface area contributed by atoms with E-state index in [0.717, 1.165) is 6.07 Å². The fourth-order valence-corrected chi connectivity index (χ4v) is 1.79. The van der Waals surface area contributed by atoms with Crippen molar-refractivity contribution in [2.24, 2.45) is 0 Å². The summed E-state index contributed by atoms with van der Waals surface area (Å²) in [6, 6.07) is 5.37. The topological polar surface area (TPSA) is 59.3 Å². The van der Waals surface area contributed by atoms with E-state index in [1.54, 1.807) is 6.07 Å². The molecule has 4 nitrogen and oxygen atoms in total. The van der Waals surface area contributed by atoms with E-state index < -0.39 is 17.2 Å². The van der Waals surface area contributed by atoms with Crippen molar-refractivity contribution in [1.29, 1.82) is 0 Å². The van der Waals surface area contributed by atoms with Crippen molar-refractivity contribution in [3.05, 3.63) is 68.8 Å². The van der Waals surface area contributed by atoms with E-state index in [9.17, 15) is 14.0 Å². The van der Waals surface area contributed by atoms with Crippen molar-refractivity contribution >= 4 is 17.6 Å². The zero-order chi connectivity index (χ0) is 14.0. The molecule has 0 radical (unpaired) electrons. The molecule has 0 saturated heterocycles. The lowest BCUT2D eigenvalue weighted by molar-refractivity contribution is 0.0694. The molecule has 0 saturated carbocycles. The highest BCUT2D eigenvalue weighted by Crippen LogP contribution is 2.15. The van der Waals surface area contributed by atoms with E-state index in [1.165, 1.54) is 29.1 Å². The number of carboxylic acid groups (broad SMARTS) is 1. The number of aromatic nitrogens is 1. The van der Waals surface area contributed by atoms with Crippen LogP contribution < -0.4 is 5.43 Å². The Morgan fingerprint density at radius 2 is 2.11 bits per heavy atom. The molecule has 6 heteroatoms. The molecule has 1 N–H and O–H groups in total. The molecule has 0 atom stereocenters. The highest BCUT2D eigenvalue weighted by molar-refractivity contribution is 6.30. The zero-order valence-electron chi connectivity index (χ0n) is 9.64. The maximum absolute atomic E-state index is 13.6. The maximum Gasteiger partial charge on any atom is 0.341 e. The Morgan fingerprint density at radius 1 is 1.37 bits per heavy atom. The summed E-state index contributed by atoms with van der Waals surface area (Å²) in [5, 5.41) is 9.13. The van der Waals surface area contributed by atoms with E-state index in [4.69, 9.17) is 16.7 Å². The molecule has 0 spiro atoms. The van der Waals surface area contributed by atoms with Crippen LogP contribution in [-0.4, -0.2) is 15.6 Å². The molecule has 1 aromatic carbocycles. The number of halogens is 2. The van der Waals surface area contributed by atoms with Gasteiger partial charge in [-0.1, -0.05) is 17.7 Å². The number of aromatic carboxylic acids is 1. The summed E-state index contributed by atoms with van der Waals surface area (Å²) in [7, 11) is 0. The second-order valence-electron chi connectivity index (χ2n) is 3.94. The summed E-state index contributed by atoms with van der Waals surface area (Å²) >= 11 is 5.64. The molecule has 2 rings (SSSR count). The van der Waals surface area contributed by atoms with Crippen molar-refractivity contribution < 1.29 is 14.3 Å². The molecule has 0 bridgehead atoms. The molecule has 0 fully saturated rings. The Labute approximate surface area is 112 Å². The number of benzene rings is 1. The van der Waals surface area contributed by atoms with Crippen LogP contribution >= 0.6 is 11.6 Å². The Kier molecular flexibility index (Phi) is 3.66. The lowest BCUT2D eigenvalue weighted by Crippen LogP contribution is -2.17. The normalized spacial score (nSPS) is 10.4. The number of hydrogen-bond acceptors (Lipinski definition) is 2. The Balaban J connectivity index is 2.36. The smallest absolute Gasteiger partial charge is 0.341 e. The van der Waals surface area contributed by atoms with Crippen LogP contribution in [0.3, 0.4) is 0 Å². The molecule has 0 unspecified atom stereocenters. The molecule has 0 aliphatic rings. The van der Waals surface area contributed by atoms with Gasteiger partial charge < -0.3 is 9.67 Å². The second kappa shape index (κ2) is 5.24. The summed E-state index contributed by atoms with van der Waals surface area (Å²) < 4.78 is 15.0. The summed E-state index contributed by atoms with van der Waals surface area (Å²) in [4.78, 5) is 22.1. The van der Waals surface area contributed by atoms with Gasteiger partial charge in [-0.3, -0.25) is 4.79 Å². The first-order valence-corrected chi connectivity index (χ1v) is 5.72. The van der Waals surface area contributed by atoms with E-state index in [1.807, 2.05) is 0 Å². The number of nitrogens with zero attached hydrogens (tertiary/aromatic N) is 1. The average molecular weight is 282 g/mol. The number of carbonyl (C=O) groups is 1. The minimum absolute atomic E-state index is 0.115. The van der Waals surface area contributed by atoms with E-state index >= 15 is 0 Å². The quantitative estimate of drug-likeness (QED) is 0.940. The van der Waals surface area contributed by atoms with Crippen molar-refractivity contribution in [3.63, 3.8) is 0 Å². The van der Waals surface area contributed by atoms with Crippen molar-refractivity contribution in [3.8, 4) is 0 Å². The van der Waals surface area contributed by atoms with Crippen LogP contribution in [0.2, 0.25) is 5.02 Å². The third-order valence-electron chi connectivity index (χ3n) is 2.58. The lowest BCUT2D eigenvalue weighted by atomic mass is 10.2. The summed E-state index contributed by atoms with van der Waals surface area (Å²) in [6.45, 7) is 0.115. The van der Waals surface area contributed by atoms with E-state index in [-0.39, 0.29) is 17.1 Å². The second-order valence-corrected chi connectivity index (χ2v) is 4.37. The van der Waals surface area contributed by atoms with Crippen molar-refractivity contribution in [2.45, 2.75) is 6.54 Å². The molecular weight excluding hydrogens is 273 g/mol. The van der Waals surface area contributed by atoms with Gasteiger partial charge in [0.15, 0.2) is 5.43 Å². The van der Waals surface area contributed by atoms with Gasteiger partial charge >= 0.3 is 5.97 Å². The highest BCUT2D eigenvalue weighted by Gasteiger charge is 2.09. The van der Waals surface area contributed by atoms with Gasteiger partial charge in [-0.15, -0.1) is 0 Å². The van der Waals surface area contributed by atoms with E-state index in [0.29, 0.717) is 5.56 Å². The molecular formula is C13H9ClFNO3. The van der Waals surface area contributed by atoms with Crippen LogP contribution in [0.4, 0.5) is 4.39 Å². The van der Waals surface area contributed by atoms with Crippen LogP contribution in [0.15, 0.2) is 41.5 Å². The van der Waals surface area contributed by atoms with Crippen LogP contribution in [0.1, 0.15) is 15.9 Å². The predicted molar refractivity (Wildman–Crippen MR) is 68.2 cm³/mol. The molecule has 1 aromatic heterocycles. The first-order chi connectivity index (χ1) is 8.97. The monoisotopic (exact) mass is 281 g/mol. The van der Waals surface area contributed by atoms with E-state index in [2.05, 4.69) is 0 Å². The molecule has 19 heavy (non-hydrogen) atoms.